The van der Waals surface area contributed by atoms with Crippen LogP contribution in [0.2, 0.25) is 5.02 Å². The minimum absolute atomic E-state index is 0.00167. The standard InChI is InChI=1S/C13H12ClNO3/c14-9-5-6-11(10(7-9)13(17)18)15-12(16)8-3-1-2-4-8/h1-2,5-8H,3-4H2,(H,15,16)(H,17,18). The van der Waals surface area contributed by atoms with E-state index in [2.05, 4.69) is 5.32 Å². The molecule has 1 aliphatic rings. The smallest absolute Gasteiger partial charge is 0.337 e. The highest BCUT2D eigenvalue weighted by Gasteiger charge is 2.21. The molecule has 0 spiro atoms. The lowest BCUT2D eigenvalue weighted by Gasteiger charge is -2.12. The van der Waals surface area contributed by atoms with Gasteiger partial charge in [-0.3, -0.25) is 4.79 Å². The highest BCUT2D eigenvalue weighted by atomic mass is 35.5. The maximum atomic E-state index is 11.9. The van der Waals surface area contributed by atoms with Crippen molar-refractivity contribution in [2.45, 2.75) is 12.8 Å². The number of hydrogen-bond donors (Lipinski definition) is 2. The summed E-state index contributed by atoms with van der Waals surface area (Å²) in [5.74, 6) is -1.38. The molecule has 0 fully saturated rings. The second-order valence-corrected chi connectivity index (χ2v) is 4.56. The first-order chi connectivity index (χ1) is 8.58. The van der Waals surface area contributed by atoms with Crippen molar-refractivity contribution in [1.82, 2.24) is 0 Å². The van der Waals surface area contributed by atoms with Crippen LogP contribution < -0.4 is 5.32 Å². The number of hydrogen-bond acceptors (Lipinski definition) is 2. The second kappa shape index (κ2) is 5.23. The number of carbonyl (C=O) groups excluding carboxylic acids is 1. The fourth-order valence-electron chi connectivity index (χ4n) is 1.87. The summed E-state index contributed by atoms with van der Waals surface area (Å²) in [5, 5.41) is 12.0. The first kappa shape index (κ1) is 12.6. The van der Waals surface area contributed by atoms with Crippen LogP contribution in [0.25, 0.3) is 0 Å². The number of aromatic carboxylic acids is 1. The van der Waals surface area contributed by atoms with Crippen molar-refractivity contribution in [1.29, 1.82) is 0 Å². The summed E-state index contributed by atoms with van der Waals surface area (Å²) in [6.07, 6.45) is 5.29. The van der Waals surface area contributed by atoms with Gasteiger partial charge in [0.25, 0.3) is 0 Å². The van der Waals surface area contributed by atoms with Crippen molar-refractivity contribution >= 4 is 29.2 Å². The summed E-state index contributed by atoms with van der Waals surface area (Å²) >= 11 is 5.74. The molecule has 1 aliphatic carbocycles. The van der Waals surface area contributed by atoms with Crippen molar-refractivity contribution in [3.63, 3.8) is 0 Å². The molecule has 0 aliphatic heterocycles. The quantitative estimate of drug-likeness (QED) is 0.826. The van der Waals surface area contributed by atoms with Crippen LogP contribution in [0.1, 0.15) is 23.2 Å². The Morgan fingerprint density at radius 3 is 2.56 bits per heavy atom. The lowest BCUT2D eigenvalue weighted by molar-refractivity contribution is -0.119. The second-order valence-electron chi connectivity index (χ2n) is 4.12. The molecule has 1 amide bonds. The number of halogens is 1. The molecule has 4 nitrogen and oxygen atoms in total. The molecule has 2 rings (SSSR count). The van der Waals surface area contributed by atoms with Gasteiger partial charge in [0.05, 0.1) is 11.3 Å². The molecular weight excluding hydrogens is 254 g/mol. The molecule has 5 heteroatoms. The number of carboxylic acid groups (broad SMARTS) is 1. The van der Waals surface area contributed by atoms with Crippen LogP contribution in [-0.4, -0.2) is 17.0 Å². The average Bonchev–Trinajstić information content (AvgIpc) is 2.84. The van der Waals surface area contributed by atoms with Gasteiger partial charge in [0.2, 0.25) is 5.91 Å². The van der Waals surface area contributed by atoms with E-state index >= 15 is 0 Å². The van der Waals surface area contributed by atoms with Crippen molar-refractivity contribution < 1.29 is 14.7 Å². The van der Waals surface area contributed by atoms with E-state index in [9.17, 15) is 9.59 Å². The normalized spacial score (nSPS) is 14.7. The van der Waals surface area contributed by atoms with Gasteiger partial charge < -0.3 is 10.4 Å². The number of nitrogens with one attached hydrogen (secondary N) is 1. The summed E-state index contributed by atoms with van der Waals surface area (Å²) in [4.78, 5) is 23.0. The van der Waals surface area contributed by atoms with Gasteiger partial charge in [0.1, 0.15) is 0 Å². The molecule has 0 atom stereocenters. The number of carbonyl (C=O) groups is 2. The lowest BCUT2D eigenvalue weighted by atomic mass is 10.1. The lowest BCUT2D eigenvalue weighted by Crippen LogP contribution is -2.21. The first-order valence-corrected chi connectivity index (χ1v) is 5.94. The molecule has 0 bridgehead atoms. The van der Waals surface area contributed by atoms with Gasteiger partial charge in [-0.05, 0) is 31.0 Å². The molecule has 0 saturated heterocycles. The Morgan fingerprint density at radius 2 is 1.94 bits per heavy atom. The fraction of sp³-hybridized carbons (Fsp3) is 0.231. The summed E-state index contributed by atoms with van der Waals surface area (Å²) in [6, 6.07) is 4.38. The van der Waals surface area contributed by atoms with Crippen LogP contribution in [0.3, 0.4) is 0 Å². The Kier molecular flexibility index (Phi) is 3.67. The Hall–Kier alpha value is -1.81. The van der Waals surface area contributed by atoms with Gasteiger partial charge in [-0.25, -0.2) is 4.79 Å². The summed E-state index contributed by atoms with van der Waals surface area (Å²) in [7, 11) is 0. The van der Waals surface area contributed by atoms with Crippen molar-refractivity contribution in [3.8, 4) is 0 Å². The van der Waals surface area contributed by atoms with E-state index in [-0.39, 0.29) is 23.1 Å². The highest BCUT2D eigenvalue weighted by molar-refractivity contribution is 6.31. The molecule has 0 heterocycles. The molecule has 0 saturated carbocycles. The molecule has 0 aromatic heterocycles. The predicted octanol–water partition coefficient (Wildman–Crippen LogP) is 2.94. The van der Waals surface area contributed by atoms with Crippen LogP contribution in [0.4, 0.5) is 5.69 Å². The molecule has 94 valence electrons. The third kappa shape index (κ3) is 2.71. The minimum atomic E-state index is -1.11. The van der Waals surface area contributed by atoms with E-state index < -0.39 is 5.97 Å². The highest BCUT2D eigenvalue weighted by Crippen LogP contribution is 2.24. The minimum Gasteiger partial charge on any atom is -0.478 e. The largest absolute Gasteiger partial charge is 0.478 e. The number of carboxylic acids is 1. The van der Waals surface area contributed by atoms with E-state index in [1.807, 2.05) is 12.2 Å². The van der Waals surface area contributed by atoms with Crippen LogP contribution in [0, 0.1) is 5.92 Å². The van der Waals surface area contributed by atoms with Gasteiger partial charge in [0.15, 0.2) is 0 Å². The Bertz CT molecular complexity index is 517. The number of rotatable bonds is 3. The SMILES string of the molecule is O=C(O)c1cc(Cl)ccc1NC(=O)C1CC=CC1. The number of amides is 1. The van der Waals surface area contributed by atoms with Crippen molar-refractivity contribution in [2.75, 3.05) is 5.32 Å². The number of anilines is 1. The monoisotopic (exact) mass is 265 g/mol. The van der Waals surface area contributed by atoms with E-state index in [1.54, 1.807) is 6.07 Å². The van der Waals surface area contributed by atoms with Crippen LogP contribution >= 0.6 is 11.6 Å². The maximum absolute atomic E-state index is 11.9. The molecule has 1 aromatic carbocycles. The van der Waals surface area contributed by atoms with E-state index in [1.165, 1.54) is 12.1 Å². The fourth-order valence-corrected chi connectivity index (χ4v) is 2.04. The average molecular weight is 266 g/mol. The zero-order valence-electron chi connectivity index (χ0n) is 9.52. The summed E-state index contributed by atoms with van der Waals surface area (Å²) < 4.78 is 0. The van der Waals surface area contributed by atoms with Gasteiger partial charge in [-0.15, -0.1) is 0 Å². The van der Waals surface area contributed by atoms with Gasteiger partial charge in [-0.1, -0.05) is 23.8 Å². The van der Waals surface area contributed by atoms with E-state index in [0.717, 1.165) is 0 Å². The number of benzene rings is 1. The molecule has 1 aromatic rings. The summed E-state index contributed by atoms with van der Waals surface area (Å²) in [6.45, 7) is 0. The number of allylic oxidation sites excluding steroid dienone is 2. The molecule has 2 N–H and O–H groups in total. The van der Waals surface area contributed by atoms with E-state index in [0.29, 0.717) is 17.9 Å². The third-order valence-electron chi connectivity index (χ3n) is 2.85. The van der Waals surface area contributed by atoms with Crippen molar-refractivity contribution in [2.24, 2.45) is 5.92 Å². The maximum Gasteiger partial charge on any atom is 0.337 e. The molecule has 0 unspecified atom stereocenters. The van der Waals surface area contributed by atoms with Crippen LogP contribution in [-0.2, 0) is 4.79 Å². The topological polar surface area (TPSA) is 66.4 Å². The Morgan fingerprint density at radius 1 is 1.28 bits per heavy atom. The predicted molar refractivity (Wildman–Crippen MR) is 68.9 cm³/mol. The first-order valence-electron chi connectivity index (χ1n) is 5.56. The summed E-state index contributed by atoms with van der Waals surface area (Å²) in [5.41, 5.74) is 0.283. The van der Waals surface area contributed by atoms with Gasteiger partial charge in [-0.2, -0.15) is 0 Å². The van der Waals surface area contributed by atoms with Crippen LogP contribution in [0.5, 0.6) is 0 Å². The van der Waals surface area contributed by atoms with E-state index in [4.69, 9.17) is 16.7 Å². The Labute approximate surface area is 109 Å². The Balaban J connectivity index is 2.18. The molecule has 0 radical (unpaired) electrons. The molecule has 18 heavy (non-hydrogen) atoms. The third-order valence-corrected chi connectivity index (χ3v) is 3.08. The van der Waals surface area contributed by atoms with Crippen molar-refractivity contribution in [3.05, 3.63) is 40.9 Å². The van der Waals surface area contributed by atoms with Gasteiger partial charge in [0, 0.05) is 10.9 Å². The van der Waals surface area contributed by atoms with Gasteiger partial charge >= 0.3 is 5.97 Å². The van der Waals surface area contributed by atoms with Crippen LogP contribution in [0.15, 0.2) is 30.4 Å². The zero-order chi connectivity index (χ0) is 13.1. The molecular formula is C13H12ClNO3. The zero-order valence-corrected chi connectivity index (χ0v) is 10.3.